The van der Waals surface area contributed by atoms with Gasteiger partial charge in [-0.25, -0.2) is 9.97 Å². The molecule has 4 rings (SSSR count). The fraction of sp³-hybridized carbons (Fsp3) is 0.214. The molecule has 0 aliphatic heterocycles. The lowest BCUT2D eigenvalue weighted by molar-refractivity contribution is 0.0796. The van der Waals surface area contributed by atoms with Gasteiger partial charge < -0.3 is 19.7 Å². The molecule has 4 aromatic rings. The second kappa shape index (κ2) is 12.1. The topological polar surface area (TPSA) is 93.7 Å². The van der Waals surface area contributed by atoms with Crippen molar-refractivity contribution in [1.82, 2.24) is 20.2 Å². The average Bonchev–Trinajstić information content (AvgIpc) is 3.48. The van der Waals surface area contributed by atoms with Gasteiger partial charge in [0.25, 0.3) is 11.8 Å². The zero-order chi connectivity index (χ0) is 26.2. The molecule has 8 nitrogen and oxygen atoms in total. The summed E-state index contributed by atoms with van der Waals surface area (Å²) in [6.07, 6.45) is 3.66. The number of methoxy groups -OCH3 is 2. The Balaban J connectivity index is 1.38. The van der Waals surface area contributed by atoms with Gasteiger partial charge in [0.15, 0.2) is 17.3 Å². The molecule has 0 atom stereocenters. The number of thiophene rings is 1. The Labute approximate surface area is 219 Å². The number of benzene rings is 2. The molecule has 0 radical (unpaired) electrons. The van der Waals surface area contributed by atoms with Gasteiger partial charge >= 0.3 is 0 Å². The molecule has 1 N–H and O–H groups in total. The van der Waals surface area contributed by atoms with E-state index >= 15 is 0 Å². The van der Waals surface area contributed by atoms with Crippen molar-refractivity contribution in [3.63, 3.8) is 0 Å². The van der Waals surface area contributed by atoms with Crippen LogP contribution in [0.25, 0.3) is 11.4 Å². The summed E-state index contributed by atoms with van der Waals surface area (Å²) in [4.78, 5) is 36.9. The van der Waals surface area contributed by atoms with Crippen molar-refractivity contribution in [3.8, 4) is 22.9 Å². The van der Waals surface area contributed by atoms with Gasteiger partial charge in [0.05, 0.1) is 26.3 Å². The average molecular weight is 517 g/mol. The Bertz CT molecular complexity index is 1360. The van der Waals surface area contributed by atoms with E-state index in [9.17, 15) is 9.59 Å². The Kier molecular flexibility index (Phi) is 8.48. The third-order valence-corrected chi connectivity index (χ3v) is 6.69. The maximum absolute atomic E-state index is 13.1. The molecule has 0 saturated carbocycles. The molecule has 190 valence electrons. The number of carbonyl (C=O) groups is 2. The summed E-state index contributed by atoms with van der Waals surface area (Å²) in [7, 11) is 4.97. The first kappa shape index (κ1) is 25.8. The molecule has 0 fully saturated rings. The summed E-state index contributed by atoms with van der Waals surface area (Å²) >= 11 is 1.58. The fourth-order valence-corrected chi connectivity index (χ4v) is 4.37. The molecular weight excluding hydrogens is 488 g/mol. The molecular formula is C28H28N4O4S. The predicted octanol–water partition coefficient (Wildman–Crippen LogP) is 4.47. The smallest absolute Gasteiger partial charge is 0.254 e. The Morgan fingerprint density at radius 2 is 1.73 bits per heavy atom. The van der Waals surface area contributed by atoms with E-state index in [2.05, 4.69) is 15.3 Å². The van der Waals surface area contributed by atoms with E-state index in [-0.39, 0.29) is 11.8 Å². The number of aromatic nitrogens is 2. The van der Waals surface area contributed by atoms with Crippen molar-refractivity contribution in [3.05, 3.63) is 93.9 Å². The number of nitrogens with zero attached hydrogens (tertiary/aromatic N) is 3. The summed E-state index contributed by atoms with van der Waals surface area (Å²) in [5, 5.41) is 4.83. The molecule has 2 amide bonds. The van der Waals surface area contributed by atoms with E-state index < -0.39 is 0 Å². The van der Waals surface area contributed by atoms with Gasteiger partial charge in [-0.1, -0.05) is 24.3 Å². The molecule has 0 saturated heterocycles. The lowest BCUT2D eigenvalue weighted by atomic mass is 10.1. The summed E-state index contributed by atoms with van der Waals surface area (Å²) < 4.78 is 10.6. The first-order chi connectivity index (χ1) is 18.0. The van der Waals surface area contributed by atoms with Crippen LogP contribution in [0, 0.1) is 0 Å². The van der Waals surface area contributed by atoms with Crippen molar-refractivity contribution >= 4 is 23.2 Å². The van der Waals surface area contributed by atoms with E-state index in [0.29, 0.717) is 53.5 Å². The van der Waals surface area contributed by atoms with Gasteiger partial charge in [-0.2, -0.15) is 0 Å². The zero-order valence-electron chi connectivity index (χ0n) is 20.9. The van der Waals surface area contributed by atoms with Crippen LogP contribution in [0.15, 0.2) is 72.4 Å². The first-order valence-electron chi connectivity index (χ1n) is 11.7. The van der Waals surface area contributed by atoms with Crippen LogP contribution in [-0.4, -0.2) is 54.5 Å². The van der Waals surface area contributed by atoms with E-state index in [1.165, 1.54) is 12.4 Å². The van der Waals surface area contributed by atoms with Gasteiger partial charge in [0, 0.05) is 42.0 Å². The highest BCUT2D eigenvalue weighted by atomic mass is 32.1. The van der Waals surface area contributed by atoms with E-state index in [1.54, 1.807) is 55.7 Å². The maximum atomic E-state index is 13.1. The fourth-order valence-electron chi connectivity index (χ4n) is 3.72. The lowest BCUT2D eigenvalue weighted by Gasteiger charge is -2.18. The summed E-state index contributed by atoms with van der Waals surface area (Å²) in [5.41, 5.74) is 2.65. The van der Waals surface area contributed by atoms with Crippen LogP contribution < -0.4 is 14.8 Å². The Morgan fingerprint density at radius 1 is 0.946 bits per heavy atom. The van der Waals surface area contributed by atoms with E-state index in [1.807, 2.05) is 41.8 Å². The van der Waals surface area contributed by atoms with Crippen LogP contribution in [0.3, 0.4) is 0 Å². The number of carbonyl (C=O) groups excluding carboxylic acids is 2. The highest BCUT2D eigenvalue weighted by Crippen LogP contribution is 2.27. The quantitative estimate of drug-likeness (QED) is 0.334. The lowest BCUT2D eigenvalue weighted by Crippen LogP contribution is -2.28. The summed E-state index contributed by atoms with van der Waals surface area (Å²) in [6, 6.07) is 16.8. The second-order valence-corrected chi connectivity index (χ2v) is 9.34. The maximum Gasteiger partial charge on any atom is 0.254 e. The molecule has 37 heavy (non-hydrogen) atoms. The van der Waals surface area contributed by atoms with Crippen LogP contribution in [0.5, 0.6) is 11.5 Å². The van der Waals surface area contributed by atoms with Crippen LogP contribution in [0.2, 0.25) is 0 Å². The molecule has 9 heteroatoms. The Morgan fingerprint density at radius 3 is 2.43 bits per heavy atom. The van der Waals surface area contributed by atoms with Crippen molar-refractivity contribution < 1.29 is 19.1 Å². The van der Waals surface area contributed by atoms with Gasteiger partial charge in [0.1, 0.15) is 0 Å². The van der Waals surface area contributed by atoms with E-state index in [0.717, 1.165) is 10.4 Å². The summed E-state index contributed by atoms with van der Waals surface area (Å²) in [5.74, 6) is 1.43. The molecule has 2 aromatic carbocycles. The van der Waals surface area contributed by atoms with Crippen LogP contribution in [0.4, 0.5) is 0 Å². The molecule has 2 heterocycles. The predicted molar refractivity (Wildman–Crippen MR) is 143 cm³/mol. The second-order valence-electron chi connectivity index (χ2n) is 8.30. The molecule has 0 bridgehead atoms. The number of likely N-dealkylation sites (N-methyl/N-ethyl adjacent to an activating group) is 1. The molecule has 2 aromatic heterocycles. The van der Waals surface area contributed by atoms with Crippen molar-refractivity contribution in [2.24, 2.45) is 0 Å². The largest absolute Gasteiger partial charge is 0.493 e. The van der Waals surface area contributed by atoms with Crippen molar-refractivity contribution in [2.75, 3.05) is 27.8 Å². The third kappa shape index (κ3) is 6.50. The molecule has 0 unspecified atom stereocenters. The van der Waals surface area contributed by atoms with Gasteiger partial charge in [-0.05, 0) is 47.7 Å². The third-order valence-electron chi connectivity index (χ3n) is 5.82. The minimum atomic E-state index is -0.236. The molecule has 0 aliphatic carbocycles. The first-order valence-corrected chi connectivity index (χ1v) is 12.6. The minimum Gasteiger partial charge on any atom is -0.493 e. The van der Waals surface area contributed by atoms with Crippen LogP contribution in [0.1, 0.15) is 31.2 Å². The van der Waals surface area contributed by atoms with E-state index in [4.69, 9.17) is 9.47 Å². The standard InChI is InChI=1S/C28H28N4O4S/c1-32(12-11-19-9-10-24(35-2)25(14-19)36-3)28(34)21-7-4-6-20(15-21)26-29-16-22(17-30-26)27(33)31-18-23-8-5-13-37-23/h4-10,13-17H,11-12,18H2,1-3H3,(H,31,33). The van der Waals surface area contributed by atoms with Gasteiger partial charge in [-0.15, -0.1) is 11.3 Å². The van der Waals surface area contributed by atoms with Crippen LogP contribution >= 0.6 is 11.3 Å². The summed E-state index contributed by atoms with van der Waals surface area (Å²) in [6.45, 7) is 0.992. The minimum absolute atomic E-state index is 0.105. The Hall–Kier alpha value is -4.24. The highest BCUT2D eigenvalue weighted by molar-refractivity contribution is 7.09. The number of ether oxygens (including phenoxy) is 2. The number of rotatable bonds is 10. The van der Waals surface area contributed by atoms with Crippen molar-refractivity contribution in [2.45, 2.75) is 13.0 Å². The van der Waals surface area contributed by atoms with Crippen molar-refractivity contribution in [1.29, 1.82) is 0 Å². The normalized spacial score (nSPS) is 10.6. The number of hydrogen-bond donors (Lipinski definition) is 1. The molecule has 0 aliphatic rings. The number of hydrogen-bond acceptors (Lipinski definition) is 7. The SMILES string of the molecule is COc1ccc(CCN(C)C(=O)c2cccc(-c3ncc(C(=O)NCc4cccs4)cn3)c2)cc1OC. The molecule has 0 spiro atoms. The van der Waals surface area contributed by atoms with Crippen LogP contribution in [-0.2, 0) is 13.0 Å². The zero-order valence-corrected chi connectivity index (χ0v) is 21.7. The number of amides is 2. The highest BCUT2D eigenvalue weighted by Gasteiger charge is 2.15. The number of nitrogens with one attached hydrogen (secondary N) is 1. The van der Waals surface area contributed by atoms with Gasteiger partial charge in [-0.3, -0.25) is 9.59 Å². The van der Waals surface area contributed by atoms with Gasteiger partial charge in [0.2, 0.25) is 0 Å². The monoisotopic (exact) mass is 516 g/mol.